The number of piperazine rings is 1. The van der Waals surface area contributed by atoms with Crippen LogP contribution in [0.5, 0.6) is 5.75 Å². The zero-order chi connectivity index (χ0) is 50.7. The number of hydrogen-bond donors (Lipinski definition) is 0. The number of carbonyl (C=O) groups excluding carboxylic acids is 3. The second-order valence-electron chi connectivity index (χ2n) is 16.6. The first kappa shape index (κ1) is 51.4. The van der Waals surface area contributed by atoms with Crippen molar-refractivity contribution in [1.29, 1.82) is 5.26 Å². The molecule has 0 bridgehead atoms. The summed E-state index contributed by atoms with van der Waals surface area (Å²) in [6.07, 6.45) is 1.31. The molecule has 0 aliphatic carbocycles. The number of benzene rings is 3. The van der Waals surface area contributed by atoms with Gasteiger partial charge in [0.1, 0.15) is 66.4 Å². The molecule has 374 valence electrons. The van der Waals surface area contributed by atoms with Crippen LogP contribution in [-0.2, 0) is 46.4 Å². The Balaban J connectivity index is 0.750. The fourth-order valence-corrected chi connectivity index (χ4v) is 9.56. The minimum atomic E-state index is -1.44. The third-order valence-electron chi connectivity index (χ3n) is 11.8. The Morgan fingerprint density at radius 3 is 2.25 bits per heavy atom. The summed E-state index contributed by atoms with van der Waals surface area (Å²) < 4.78 is 59.7. The molecule has 2 aliphatic heterocycles. The molecule has 8 rings (SSSR count). The predicted octanol–water partition coefficient (Wildman–Crippen LogP) is 6.73. The SMILES string of the molecule is Cc1sc2c(c1C)C(c1ccc(OCCOCCOCCOCCOCC(=O)N3CC(=O)N(c4cc(C#N)ccn4)[C@H](C(=O)N(Cc4ccccc4Cl)c4cc(F)cc(F)c4)C3)cc1)=NCc1nnc(C)n1-2. The molecule has 1 atom stereocenters. The van der Waals surface area contributed by atoms with Gasteiger partial charge in [0.25, 0.3) is 5.91 Å². The molecular formula is C51H50ClF2N9O8S. The van der Waals surface area contributed by atoms with Gasteiger partial charge in [0.2, 0.25) is 11.8 Å². The van der Waals surface area contributed by atoms with Crippen LogP contribution in [0.1, 0.15) is 44.3 Å². The van der Waals surface area contributed by atoms with Gasteiger partial charge in [0, 0.05) is 39.0 Å². The summed E-state index contributed by atoms with van der Waals surface area (Å²) in [6, 6.07) is 20.4. The average molecular weight is 1020 g/mol. The van der Waals surface area contributed by atoms with Gasteiger partial charge < -0.3 is 33.5 Å². The normalized spacial score (nSPS) is 14.3. The van der Waals surface area contributed by atoms with Crippen molar-refractivity contribution < 1.29 is 46.8 Å². The summed E-state index contributed by atoms with van der Waals surface area (Å²) in [6.45, 7) is 7.37. The molecule has 0 spiro atoms. The van der Waals surface area contributed by atoms with E-state index in [9.17, 15) is 28.4 Å². The molecule has 0 radical (unpaired) electrons. The summed E-state index contributed by atoms with van der Waals surface area (Å²) >= 11 is 8.17. The van der Waals surface area contributed by atoms with Crippen LogP contribution < -0.4 is 14.5 Å². The Bertz CT molecular complexity index is 2980. The largest absolute Gasteiger partial charge is 0.491 e. The van der Waals surface area contributed by atoms with E-state index < -0.39 is 48.5 Å². The number of rotatable bonds is 21. The predicted molar refractivity (Wildman–Crippen MR) is 264 cm³/mol. The summed E-state index contributed by atoms with van der Waals surface area (Å²) in [5, 5.41) is 19.6. The van der Waals surface area contributed by atoms with Gasteiger partial charge in [0.05, 0.1) is 76.7 Å². The van der Waals surface area contributed by atoms with E-state index in [1.807, 2.05) is 37.3 Å². The third kappa shape index (κ3) is 12.2. The Morgan fingerprint density at radius 1 is 0.875 bits per heavy atom. The van der Waals surface area contributed by atoms with Crippen LogP contribution in [0.4, 0.5) is 20.3 Å². The maximum absolute atomic E-state index is 14.7. The molecule has 2 aliphatic rings. The van der Waals surface area contributed by atoms with E-state index in [-0.39, 0.29) is 55.0 Å². The van der Waals surface area contributed by atoms with Crippen molar-refractivity contribution in [1.82, 2.24) is 24.6 Å². The van der Waals surface area contributed by atoms with Gasteiger partial charge in [-0.05, 0) is 86.5 Å². The number of nitrogens with zero attached hydrogens (tertiary/aromatic N) is 9. The molecule has 3 aromatic heterocycles. The molecule has 72 heavy (non-hydrogen) atoms. The summed E-state index contributed by atoms with van der Waals surface area (Å²) in [7, 11) is 0. The molecule has 6 aromatic rings. The fraction of sp³-hybridized carbons (Fsp3) is 0.333. The van der Waals surface area contributed by atoms with E-state index in [4.69, 9.17) is 40.3 Å². The molecule has 0 unspecified atom stereocenters. The number of aliphatic imine (C=N–C) groups is 1. The lowest BCUT2D eigenvalue weighted by Gasteiger charge is -2.41. The maximum atomic E-state index is 14.7. The van der Waals surface area contributed by atoms with Crippen LogP contribution >= 0.6 is 22.9 Å². The molecule has 21 heteroatoms. The number of pyridine rings is 1. The highest BCUT2D eigenvalue weighted by Crippen LogP contribution is 2.36. The van der Waals surface area contributed by atoms with Crippen LogP contribution in [0.3, 0.4) is 0 Å². The second kappa shape index (κ2) is 24.0. The van der Waals surface area contributed by atoms with Crippen LogP contribution in [0.15, 0.2) is 90.1 Å². The Labute approximate surface area is 423 Å². The van der Waals surface area contributed by atoms with Gasteiger partial charge in [-0.25, -0.2) is 13.8 Å². The Morgan fingerprint density at radius 2 is 1.56 bits per heavy atom. The van der Waals surface area contributed by atoms with E-state index in [2.05, 4.69) is 33.6 Å². The molecule has 3 aromatic carbocycles. The van der Waals surface area contributed by atoms with Crippen molar-refractivity contribution in [3.8, 4) is 16.8 Å². The van der Waals surface area contributed by atoms with E-state index in [1.165, 1.54) is 33.7 Å². The molecule has 5 heterocycles. The summed E-state index contributed by atoms with van der Waals surface area (Å²) in [5.74, 6) is -1.60. The van der Waals surface area contributed by atoms with E-state index in [0.717, 1.165) is 55.4 Å². The molecule has 3 amide bonds. The Kier molecular flexibility index (Phi) is 17.1. The highest BCUT2D eigenvalue weighted by Gasteiger charge is 2.43. The van der Waals surface area contributed by atoms with Gasteiger partial charge in [-0.2, -0.15) is 5.26 Å². The molecule has 1 fully saturated rings. The number of amides is 3. The molecular weight excluding hydrogens is 972 g/mol. The number of hydrogen-bond acceptors (Lipinski definition) is 14. The first-order chi connectivity index (χ1) is 34.9. The number of nitriles is 1. The highest BCUT2D eigenvalue weighted by molar-refractivity contribution is 7.15. The van der Waals surface area contributed by atoms with Gasteiger partial charge in [0.15, 0.2) is 5.82 Å². The van der Waals surface area contributed by atoms with Crippen LogP contribution in [0, 0.1) is 43.7 Å². The number of anilines is 2. The Hall–Kier alpha value is -6.99. The standard InChI is InChI=1S/C51H50ClF2N9O8S/c1-32-33(2)72-51-48(32)49(57-27-45-59-58-34(3)62(45)51)36-8-10-41(11-9-36)71-21-20-69-17-16-67-14-15-68-18-19-70-31-47(65)60-29-43(63(46(64)30-60)44-22-35(26-55)12-13-56-44)50(66)61(28-37-6-4-5-7-42(37)52)40-24-38(53)23-39(54)25-40/h4-13,22-25,43H,14-21,27-31H2,1-3H3/t43-/m0/s1. The lowest BCUT2D eigenvalue weighted by Crippen LogP contribution is -2.64. The first-order valence-corrected chi connectivity index (χ1v) is 24.2. The molecule has 0 N–H and O–H groups in total. The van der Waals surface area contributed by atoms with Gasteiger partial charge in [-0.3, -0.25) is 28.8 Å². The fourth-order valence-electron chi connectivity index (χ4n) is 8.14. The van der Waals surface area contributed by atoms with Gasteiger partial charge in [-0.15, -0.1) is 21.5 Å². The summed E-state index contributed by atoms with van der Waals surface area (Å²) in [4.78, 5) is 55.8. The van der Waals surface area contributed by atoms with Crippen molar-refractivity contribution in [2.24, 2.45) is 4.99 Å². The maximum Gasteiger partial charge on any atom is 0.252 e. The number of aryl methyl sites for hydroxylation is 2. The quantitative estimate of drug-likeness (QED) is 0.0694. The van der Waals surface area contributed by atoms with Crippen molar-refractivity contribution in [3.05, 3.63) is 146 Å². The van der Waals surface area contributed by atoms with Crippen LogP contribution in [0.25, 0.3) is 5.00 Å². The number of thiophene rings is 1. The third-order valence-corrected chi connectivity index (χ3v) is 13.4. The number of aromatic nitrogens is 4. The number of halogens is 3. The highest BCUT2D eigenvalue weighted by atomic mass is 35.5. The number of carbonyl (C=O) groups is 3. The topological polar surface area (TPSA) is 187 Å². The monoisotopic (exact) mass is 1020 g/mol. The molecule has 1 saturated heterocycles. The van der Waals surface area contributed by atoms with E-state index in [0.29, 0.717) is 57.0 Å². The minimum absolute atomic E-state index is 0.0191. The van der Waals surface area contributed by atoms with Crippen LogP contribution in [-0.4, -0.2) is 127 Å². The average Bonchev–Trinajstić information content (AvgIpc) is 3.82. The minimum Gasteiger partial charge on any atom is -0.491 e. The van der Waals surface area contributed by atoms with Crippen molar-refractivity contribution in [2.75, 3.05) is 82.4 Å². The lowest BCUT2D eigenvalue weighted by molar-refractivity contribution is -0.143. The van der Waals surface area contributed by atoms with Crippen molar-refractivity contribution >= 4 is 57.9 Å². The molecule has 0 saturated carbocycles. The number of fused-ring (bicyclic) bond motifs is 3. The van der Waals surface area contributed by atoms with E-state index in [1.54, 1.807) is 35.6 Å². The second-order valence-corrected chi connectivity index (χ2v) is 18.2. The smallest absolute Gasteiger partial charge is 0.252 e. The molecule has 17 nitrogen and oxygen atoms in total. The van der Waals surface area contributed by atoms with Gasteiger partial charge in [-0.1, -0.05) is 29.8 Å². The number of ether oxygens (including phenoxy) is 5. The van der Waals surface area contributed by atoms with Gasteiger partial charge >= 0.3 is 0 Å². The van der Waals surface area contributed by atoms with Crippen molar-refractivity contribution in [3.63, 3.8) is 0 Å². The van der Waals surface area contributed by atoms with E-state index >= 15 is 0 Å². The lowest BCUT2D eigenvalue weighted by atomic mass is 10.00. The zero-order valence-corrected chi connectivity index (χ0v) is 41.3. The van der Waals surface area contributed by atoms with Crippen molar-refractivity contribution in [2.45, 2.75) is 39.9 Å². The first-order valence-electron chi connectivity index (χ1n) is 23.0. The van der Waals surface area contributed by atoms with Crippen LogP contribution in [0.2, 0.25) is 5.02 Å². The zero-order valence-electron chi connectivity index (χ0n) is 39.7. The summed E-state index contributed by atoms with van der Waals surface area (Å²) in [5.41, 5.74) is 4.68.